The third-order valence-electron chi connectivity index (χ3n) is 3.91. The first-order valence-corrected chi connectivity index (χ1v) is 7.85. The Labute approximate surface area is 112 Å². The van der Waals surface area contributed by atoms with Gasteiger partial charge in [0.25, 0.3) is 0 Å². The molecule has 0 aromatic rings. The standard InChI is InChI=1S/C15H30N2O/c1-13-11-17(12-14(2)18-13)10-6-4-3-5-9-16-15-7-8-15/h13-16H,3-12H2,1-2H3/t13-,14+. The minimum absolute atomic E-state index is 0.413. The summed E-state index contributed by atoms with van der Waals surface area (Å²) in [6, 6.07) is 0.876. The molecular weight excluding hydrogens is 224 g/mol. The molecule has 2 fully saturated rings. The zero-order valence-electron chi connectivity index (χ0n) is 12.2. The van der Waals surface area contributed by atoms with Crippen molar-refractivity contribution in [3.8, 4) is 0 Å². The molecule has 1 saturated carbocycles. The van der Waals surface area contributed by atoms with Gasteiger partial charge in [-0.05, 0) is 52.6 Å². The van der Waals surface area contributed by atoms with Crippen LogP contribution in [0, 0.1) is 0 Å². The second kappa shape index (κ2) is 7.46. The average molecular weight is 254 g/mol. The number of morpholine rings is 1. The fourth-order valence-corrected chi connectivity index (χ4v) is 2.87. The third-order valence-corrected chi connectivity index (χ3v) is 3.91. The molecule has 2 atom stereocenters. The van der Waals surface area contributed by atoms with Gasteiger partial charge in [-0.15, -0.1) is 0 Å². The zero-order chi connectivity index (χ0) is 12.8. The molecule has 1 heterocycles. The van der Waals surface area contributed by atoms with Gasteiger partial charge < -0.3 is 10.1 Å². The molecule has 18 heavy (non-hydrogen) atoms. The maximum absolute atomic E-state index is 5.75. The van der Waals surface area contributed by atoms with E-state index < -0.39 is 0 Å². The molecule has 2 rings (SSSR count). The summed E-state index contributed by atoms with van der Waals surface area (Å²) in [5, 5.41) is 3.58. The number of nitrogens with zero attached hydrogens (tertiary/aromatic N) is 1. The van der Waals surface area contributed by atoms with Crippen molar-refractivity contribution in [1.82, 2.24) is 10.2 Å². The van der Waals surface area contributed by atoms with Crippen molar-refractivity contribution in [1.29, 1.82) is 0 Å². The molecule has 1 N–H and O–H groups in total. The highest BCUT2D eigenvalue weighted by atomic mass is 16.5. The number of unbranched alkanes of at least 4 members (excludes halogenated alkanes) is 3. The summed E-state index contributed by atoms with van der Waals surface area (Å²) in [4.78, 5) is 2.57. The molecule has 1 aliphatic heterocycles. The lowest BCUT2D eigenvalue weighted by molar-refractivity contribution is -0.0681. The van der Waals surface area contributed by atoms with Gasteiger partial charge in [-0.1, -0.05) is 12.8 Å². The van der Waals surface area contributed by atoms with Gasteiger partial charge in [-0.3, -0.25) is 4.90 Å². The van der Waals surface area contributed by atoms with Crippen LogP contribution in [-0.2, 0) is 4.74 Å². The molecule has 1 aliphatic carbocycles. The Hall–Kier alpha value is -0.120. The first kappa shape index (κ1) is 14.3. The molecule has 0 aromatic heterocycles. The Morgan fingerprint density at radius 3 is 2.33 bits per heavy atom. The second-order valence-corrected chi connectivity index (χ2v) is 6.16. The topological polar surface area (TPSA) is 24.5 Å². The van der Waals surface area contributed by atoms with Gasteiger partial charge in [0.2, 0.25) is 0 Å². The van der Waals surface area contributed by atoms with Crippen LogP contribution in [0.1, 0.15) is 52.4 Å². The van der Waals surface area contributed by atoms with Gasteiger partial charge in [0.05, 0.1) is 12.2 Å². The molecule has 3 nitrogen and oxygen atoms in total. The Kier molecular flexibility index (Phi) is 5.93. The van der Waals surface area contributed by atoms with Crippen LogP contribution in [0.2, 0.25) is 0 Å². The summed E-state index contributed by atoms with van der Waals surface area (Å²) in [6.45, 7) is 9.10. The maximum atomic E-state index is 5.75. The van der Waals surface area contributed by atoms with Crippen LogP contribution in [0.25, 0.3) is 0 Å². The van der Waals surface area contributed by atoms with Crippen molar-refractivity contribution in [3.63, 3.8) is 0 Å². The first-order chi connectivity index (χ1) is 8.74. The van der Waals surface area contributed by atoms with Crippen LogP contribution >= 0.6 is 0 Å². The van der Waals surface area contributed by atoms with Crippen molar-refractivity contribution in [3.05, 3.63) is 0 Å². The van der Waals surface area contributed by atoms with E-state index in [-0.39, 0.29) is 0 Å². The summed E-state index contributed by atoms with van der Waals surface area (Å²) < 4.78 is 5.75. The Balaban J connectivity index is 1.42. The number of hydrogen-bond acceptors (Lipinski definition) is 3. The minimum atomic E-state index is 0.413. The number of ether oxygens (including phenoxy) is 1. The smallest absolute Gasteiger partial charge is 0.0678 e. The SMILES string of the molecule is C[C@@H]1CN(CCCCCCNC2CC2)C[C@H](C)O1. The first-order valence-electron chi connectivity index (χ1n) is 7.85. The molecule has 0 spiro atoms. The van der Waals surface area contributed by atoms with Crippen molar-refractivity contribution >= 4 is 0 Å². The largest absolute Gasteiger partial charge is 0.373 e. The van der Waals surface area contributed by atoms with Crippen molar-refractivity contribution in [2.75, 3.05) is 26.2 Å². The van der Waals surface area contributed by atoms with Crippen LogP contribution in [0.5, 0.6) is 0 Å². The van der Waals surface area contributed by atoms with E-state index in [4.69, 9.17) is 4.74 Å². The highest BCUT2D eigenvalue weighted by Crippen LogP contribution is 2.18. The number of rotatable bonds is 8. The van der Waals surface area contributed by atoms with Crippen LogP contribution < -0.4 is 5.32 Å². The van der Waals surface area contributed by atoms with Crippen LogP contribution in [-0.4, -0.2) is 49.3 Å². The summed E-state index contributed by atoms with van der Waals surface area (Å²) in [6.07, 6.45) is 9.12. The third kappa shape index (κ3) is 5.68. The average Bonchev–Trinajstić information content (AvgIpc) is 3.10. The van der Waals surface area contributed by atoms with E-state index in [0.29, 0.717) is 12.2 Å². The fraction of sp³-hybridized carbons (Fsp3) is 1.00. The Morgan fingerprint density at radius 1 is 1.00 bits per heavy atom. The highest BCUT2D eigenvalue weighted by Gasteiger charge is 2.21. The molecule has 0 radical (unpaired) electrons. The van der Waals surface area contributed by atoms with E-state index in [1.54, 1.807) is 0 Å². The van der Waals surface area contributed by atoms with Gasteiger partial charge >= 0.3 is 0 Å². The monoisotopic (exact) mass is 254 g/mol. The Morgan fingerprint density at radius 2 is 1.67 bits per heavy atom. The summed E-state index contributed by atoms with van der Waals surface area (Å²) in [5.74, 6) is 0. The van der Waals surface area contributed by atoms with Crippen LogP contribution in [0.3, 0.4) is 0 Å². The van der Waals surface area contributed by atoms with Gasteiger partial charge in [0.1, 0.15) is 0 Å². The zero-order valence-corrected chi connectivity index (χ0v) is 12.2. The lowest BCUT2D eigenvalue weighted by Gasteiger charge is -2.35. The Bertz CT molecular complexity index is 221. The van der Waals surface area contributed by atoms with Gasteiger partial charge in [-0.2, -0.15) is 0 Å². The number of nitrogens with one attached hydrogen (secondary N) is 1. The molecule has 0 aromatic carbocycles. The van der Waals surface area contributed by atoms with E-state index in [9.17, 15) is 0 Å². The summed E-state index contributed by atoms with van der Waals surface area (Å²) in [5.41, 5.74) is 0. The molecule has 0 bridgehead atoms. The molecule has 106 valence electrons. The van der Waals surface area contributed by atoms with E-state index in [2.05, 4.69) is 24.1 Å². The summed E-state index contributed by atoms with van der Waals surface area (Å²) in [7, 11) is 0. The van der Waals surface area contributed by atoms with Crippen molar-refractivity contribution in [2.45, 2.75) is 70.6 Å². The molecule has 1 saturated heterocycles. The van der Waals surface area contributed by atoms with Crippen molar-refractivity contribution < 1.29 is 4.74 Å². The second-order valence-electron chi connectivity index (χ2n) is 6.16. The number of hydrogen-bond donors (Lipinski definition) is 1. The molecule has 3 heteroatoms. The lowest BCUT2D eigenvalue weighted by atomic mass is 10.1. The molecule has 2 aliphatic rings. The van der Waals surface area contributed by atoms with E-state index in [0.717, 1.165) is 19.1 Å². The predicted octanol–water partition coefficient (Wildman–Crippen LogP) is 2.41. The van der Waals surface area contributed by atoms with Crippen molar-refractivity contribution in [2.24, 2.45) is 0 Å². The van der Waals surface area contributed by atoms with Gasteiger partial charge in [0.15, 0.2) is 0 Å². The highest BCUT2D eigenvalue weighted by molar-refractivity contribution is 4.80. The normalized spacial score (nSPS) is 29.7. The minimum Gasteiger partial charge on any atom is -0.373 e. The molecular formula is C15H30N2O. The van der Waals surface area contributed by atoms with Crippen LogP contribution in [0.15, 0.2) is 0 Å². The van der Waals surface area contributed by atoms with E-state index in [1.807, 2.05) is 0 Å². The predicted molar refractivity (Wildman–Crippen MR) is 75.9 cm³/mol. The quantitative estimate of drug-likeness (QED) is 0.673. The summed E-state index contributed by atoms with van der Waals surface area (Å²) >= 11 is 0. The molecule has 0 unspecified atom stereocenters. The van der Waals surface area contributed by atoms with E-state index in [1.165, 1.54) is 51.6 Å². The van der Waals surface area contributed by atoms with Gasteiger partial charge in [-0.25, -0.2) is 0 Å². The molecule has 0 amide bonds. The van der Waals surface area contributed by atoms with Gasteiger partial charge in [0, 0.05) is 19.1 Å². The lowest BCUT2D eigenvalue weighted by Crippen LogP contribution is -2.45. The van der Waals surface area contributed by atoms with E-state index >= 15 is 0 Å². The van der Waals surface area contributed by atoms with Crippen LogP contribution in [0.4, 0.5) is 0 Å². The fourth-order valence-electron chi connectivity index (χ4n) is 2.87. The maximum Gasteiger partial charge on any atom is 0.0678 e.